The molecule has 0 atom stereocenters. The van der Waals surface area contributed by atoms with Crippen molar-refractivity contribution in [3.05, 3.63) is 60.2 Å². The Kier molecular flexibility index (Phi) is 4.22. The molecule has 1 heterocycles. The smallest absolute Gasteiger partial charge is 0.457 e. The number of ether oxygens (including phenoxy) is 1. The van der Waals surface area contributed by atoms with Crippen molar-refractivity contribution in [2.24, 2.45) is 0 Å². The Bertz CT molecular complexity index is 634. The van der Waals surface area contributed by atoms with Gasteiger partial charge in [-0.25, -0.2) is 0 Å². The largest absolute Gasteiger partial charge is 0.462 e. The maximum atomic E-state index is 6.04. The molecule has 2 aromatic rings. The minimum Gasteiger partial charge on any atom is -0.457 e. The molecule has 1 saturated heterocycles. The van der Waals surface area contributed by atoms with E-state index in [4.69, 9.17) is 14.0 Å². The van der Waals surface area contributed by atoms with Crippen LogP contribution < -0.4 is 4.74 Å². The Morgan fingerprint density at radius 3 is 1.87 bits per heavy atom. The van der Waals surface area contributed by atoms with Gasteiger partial charge in [0.25, 0.3) is 0 Å². The van der Waals surface area contributed by atoms with Gasteiger partial charge in [0.2, 0.25) is 0 Å². The first-order chi connectivity index (χ1) is 10.9. The van der Waals surface area contributed by atoms with Crippen LogP contribution in [0.3, 0.4) is 0 Å². The lowest BCUT2D eigenvalue weighted by Gasteiger charge is -2.32. The van der Waals surface area contributed by atoms with Gasteiger partial charge in [0, 0.05) is 6.32 Å². The highest BCUT2D eigenvalue weighted by atomic mass is 16.7. The number of hydrogen-bond acceptors (Lipinski definition) is 3. The second-order valence-corrected chi connectivity index (χ2v) is 6.95. The third-order valence-electron chi connectivity index (χ3n) is 4.61. The van der Waals surface area contributed by atoms with E-state index >= 15 is 0 Å². The zero-order chi connectivity index (χ0) is 16.5. The fraction of sp³-hybridized carbons (Fsp3) is 0.368. The molecular formula is C19H23BO3. The third-order valence-corrected chi connectivity index (χ3v) is 4.61. The van der Waals surface area contributed by atoms with Crippen molar-refractivity contribution >= 4 is 7.12 Å². The SMILES string of the molecule is CC1(C)OB(Cc2ccc(Oc3ccccc3)cc2)OC1(C)C. The summed E-state index contributed by atoms with van der Waals surface area (Å²) >= 11 is 0. The van der Waals surface area contributed by atoms with Crippen LogP contribution in [0.4, 0.5) is 0 Å². The molecule has 0 spiro atoms. The van der Waals surface area contributed by atoms with Crippen LogP contribution in [-0.2, 0) is 15.6 Å². The maximum Gasteiger partial charge on any atom is 0.462 e. The van der Waals surface area contributed by atoms with Crippen LogP contribution in [0.5, 0.6) is 11.5 Å². The van der Waals surface area contributed by atoms with Gasteiger partial charge in [0.1, 0.15) is 11.5 Å². The summed E-state index contributed by atoms with van der Waals surface area (Å²) in [5.41, 5.74) is 0.603. The normalized spacial score (nSPS) is 18.9. The standard InChI is InChI=1S/C19H23BO3/c1-18(2)19(3,4)23-20(22-18)14-15-10-12-17(13-11-15)21-16-8-6-5-7-9-16/h5-13H,14H2,1-4H3. The van der Waals surface area contributed by atoms with Crippen LogP contribution in [0.25, 0.3) is 0 Å². The fourth-order valence-corrected chi connectivity index (χ4v) is 2.56. The average molecular weight is 310 g/mol. The summed E-state index contributed by atoms with van der Waals surface area (Å²) in [5, 5.41) is 0. The van der Waals surface area contributed by atoms with Gasteiger partial charge >= 0.3 is 7.12 Å². The lowest BCUT2D eigenvalue weighted by Crippen LogP contribution is -2.41. The van der Waals surface area contributed by atoms with E-state index < -0.39 is 0 Å². The van der Waals surface area contributed by atoms with Crippen LogP contribution in [0.15, 0.2) is 54.6 Å². The Balaban J connectivity index is 1.62. The average Bonchev–Trinajstić information content (AvgIpc) is 2.69. The molecule has 0 amide bonds. The second kappa shape index (κ2) is 6.02. The third kappa shape index (κ3) is 3.60. The first-order valence-electron chi connectivity index (χ1n) is 8.03. The molecule has 2 aromatic carbocycles. The van der Waals surface area contributed by atoms with Gasteiger partial charge in [-0.1, -0.05) is 30.3 Å². The minimum absolute atomic E-state index is 0.208. The van der Waals surface area contributed by atoms with Crippen LogP contribution in [0, 0.1) is 0 Å². The number of hydrogen-bond donors (Lipinski definition) is 0. The molecule has 0 unspecified atom stereocenters. The molecule has 0 N–H and O–H groups in total. The van der Waals surface area contributed by atoms with Gasteiger partial charge in [-0.2, -0.15) is 0 Å². The predicted molar refractivity (Wildman–Crippen MR) is 92.7 cm³/mol. The summed E-state index contributed by atoms with van der Waals surface area (Å²) in [6.45, 7) is 8.29. The molecular weight excluding hydrogens is 287 g/mol. The van der Waals surface area contributed by atoms with Gasteiger partial charge < -0.3 is 14.0 Å². The predicted octanol–water partition coefficient (Wildman–Crippen LogP) is 4.65. The number of benzene rings is 2. The van der Waals surface area contributed by atoms with E-state index in [0.29, 0.717) is 0 Å². The van der Waals surface area contributed by atoms with Crippen molar-refractivity contribution in [2.45, 2.75) is 45.2 Å². The van der Waals surface area contributed by atoms with Gasteiger partial charge in [-0.05, 0) is 57.5 Å². The highest BCUT2D eigenvalue weighted by molar-refractivity contribution is 6.45. The van der Waals surface area contributed by atoms with Crippen LogP contribution in [-0.4, -0.2) is 18.3 Å². The zero-order valence-corrected chi connectivity index (χ0v) is 14.2. The second-order valence-electron chi connectivity index (χ2n) is 6.95. The first-order valence-corrected chi connectivity index (χ1v) is 8.03. The summed E-state index contributed by atoms with van der Waals surface area (Å²) in [6.07, 6.45) is 0.735. The van der Waals surface area contributed by atoms with Crippen molar-refractivity contribution in [3.8, 4) is 11.5 Å². The number of rotatable bonds is 4. The van der Waals surface area contributed by atoms with Gasteiger partial charge in [0.05, 0.1) is 11.2 Å². The molecule has 23 heavy (non-hydrogen) atoms. The van der Waals surface area contributed by atoms with Crippen LogP contribution >= 0.6 is 0 Å². The van der Waals surface area contributed by atoms with Crippen molar-refractivity contribution in [1.29, 1.82) is 0 Å². The topological polar surface area (TPSA) is 27.7 Å². The van der Waals surface area contributed by atoms with Crippen molar-refractivity contribution in [2.75, 3.05) is 0 Å². The summed E-state index contributed by atoms with van der Waals surface area (Å²) in [7, 11) is -0.208. The molecule has 1 fully saturated rings. The van der Waals surface area contributed by atoms with E-state index in [1.165, 1.54) is 5.56 Å². The highest BCUT2D eigenvalue weighted by Gasteiger charge is 2.50. The van der Waals surface area contributed by atoms with Crippen LogP contribution in [0.1, 0.15) is 33.3 Å². The van der Waals surface area contributed by atoms with Gasteiger partial charge in [-0.15, -0.1) is 0 Å². The highest BCUT2D eigenvalue weighted by Crippen LogP contribution is 2.37. The van der Waals surface area contributed by atoms with E-state index in [9.17, 15) is 0 Å². The molecule has 0 radical (unpaired) electrons. The zero-order valence-electron chi connectivity index (χ0n) is 14.2. The van der Waals surface area contributed by atoms with Gasteiger partial charge in [0.15, 0.2) is 0 Å². The lowest BCUT2D eigenvalue weighted by atomic mass is 9.81. The molecule has 0 aliphatic carbocycles. The monoisotopic (exact) mass is 310 g/mol. The first kappa shape index (κ1) is 16.1. The molecule has 0 bridgehead atoms. The van der Waals surface area contributed by atoms with E-state index in [2.05, 4.69) is 39.8 Å². The van der Waals surface area contributed by atoms with E-state index in [1.807, 2.05) is 42.5 Å². The Hall–Kier alpha value is -1.78. The minimum atomic E-state index is -0.284. The van der Waals surface area contributed by atoms with Gasteiger partial charge in [-0.3, -0.25) is 0 Å². The molecule has 0 saturated carbocycles. The molecule has 4 heteroatoms. The summed E-state index contributed by atoms with van der Waals surface area (Å²) in [6, 6.07) is 17.9. The molecule has 3 rings (SSSR count). The summed E-state index contributed by atoms with van der Waals surface area (Å²) in [5.74, 6) is 1.67. The lowest BCUT2D eigenvalue weighted by molar-refractivity contribution is 0.00578. The Morgan fingerprint density at radius 2 is 1.30 bits per heavy atom. The molecule has 0 aromatic heterocycles. The summed E-state index contributed by atoms with van der Waals surface area (Å²) < 4.78 is 17.9. The maximum absolute atomic E-state index is 6.04. The quantitative estimate of drug-likeness (QED) is 0.769. The van der Waals surface area contributed by atoms with Crippen molar-refractivity contribution in [3.63, 3.8) is 0 Å². The molecule has 3 nitrogen and oxygen atoms in total. The van der Waals surface area contributed by atoms with E-state index in [-0.39, 0.29) is 18.3 Å². The van der Waals surface area contributed by atoms with E-state index in [1.54, 1.807) is 0 Å². The molecule has 1 aliphatic heterocycles. The van der Waals surface area contributed by atoms with Crippen LogP contribution in [0.2, 0.25) is 0 Å². The van der Waals surface area contributed by atoms with Crippen molar-refractivity contribution < 1.29 is 14.0 Å². The summed E-state index contributed by atoms with van der Waals surface area (Å²) in [4.78, 5) is 0. The Morgan fingerprint density at radius 1 is 0.783 bits per heavy atom. The van der Waals surface area contributed by atoms with E-state index in [0.717, 1.165) is 17.8 Å². The Labute approximate surface area is 138 Å². The fourth-order valence-electron chi connectivity index (χ4n) is 2.56. The molecule has 1 aliphatic rings. The van der Waals surface area contributed by atoms with Crippen molar-refractivity contribution in [1.82, 2.24) is 0 Å². The molecule has 120 valence electrons. The number of para-hydroxylation sites is 1.